The number of hydrogen-bond donors (Lipinski definition) is 3. The van der Waals surface area contributed by atoms with Crippen LogP contribution in [0.15, 0.2) is 45.6 Å². The first-order chi connectivity index (χ1) is 10.3. The molecule has 106 valence electrons. The van der Waals surface area contributed by atoms with Gasteiger partial charge in [0.1, 0.15) is 0 Å². The van der Waals surface area contributed by atoms with Crippen molar-refractivity contribution in [1.82, 2.24) is 4.98 Å². The molecule has 0 radical (unpaired) electrons. The molecule has 0 fully saturated rings. The molecular formula is C16H15N3O2. The minimum Gasteiger partial charge on any atom is -0.408 e. The van der Waals surface area contributed by atoms with Crippen molar-refractivity contribution < 1.29 is 4.42 Å². The van der Waals surface area contributed by atoms with Crippen molar-refractivity contribution in [2.45, 2.75) is 13.0 Å². The fourth-order valence-corrected chi connectivity index (χ4v) is 2.82. The summed E-state index contributed by atoms with van der Waals surface area (Å²) in [7, 11) is 0. The van der Waals surface area contributed by atoms with E-state index in [0.29, 0.717) is 11.1 Å². The van der Waals surface area contributed by atoms with E-state index in [-0.39, 0.29) is 0 Å². The van der Waals surface area contributed by atoms with Gasteiger partial charge in [0.15, 0.2) is 5.58 Å². The highest BCUT2D eigenvalue weighted by atomic mass is 16.4. The van der Waals surface area contributed by atoms with Crippen LogP contribution in [0.25, 0.3) is 11.1 Å². The molecule has 5 nitrogen and oxygen atoms in total. The highest BCUT2D eigenvalue weighted by molar-refractivity contribution is 5.77. The zero-order valence-corrected chi connectivity index (χ0v) is 11.4. The van der Waals surface area contributed by atoms with Gasteiger partial charge in [-0.3, -0.25) is 4.98 Å². The minimum absolute atomic E-state index is 0.424. The number of aromatic amines is 1. The van der Waals surface area contributed by atoms with Crippen LogP contribution in [0.3, 0.4) is 0 Å². The molecule has 0 saturated heterocycles. The Morgan fingerprint density at radius 2 is 2.19 bits per heavy atom. The lowest BCUT2D eigenvalue weighted by Gasteiger charge is -2.11. The highest BCUT2D eigenvalue weighted by Crippen LogP contribution is 2.27. The Morgan fingerprint density at radius 1 is 1.24 bits per heavy atom. The van der Waals surface area contributed by atoms with Gasteiger partial charge in [-0.2, -0.15) is 0 Å². The Bertz CT molecular complexity index is 863. The van der Waals surface area contributed by atoms with Gasteiger partial charge in [0, 0.05) is 24.5 Å². The fraction of sp³-hybridized carbons (Fsp3) is 0.188. The maximum absolute atomic E-state index is 11.2. The summed E-state index contributed by atoms with van der Waals surface area (Å²) < 4.78 is 5.00. The largest absolute Gasteiger partial charge is 0.417 e. The lowest BCUT2D eigenvalue weighted by Crippen LogP contribution is -2.03. The van der Waals surface area contributed by atoms with Crippen LogP contribution < -0.4 is 16.4 Å². The predicted octanol–water partition coefficient (Wildman–Crippen LogP) is 2.70. The van der Waals surface area contributed by atoms with E-state index in [9.17, 15) is 4.79 Å². The van der Waals surface area contributed by atoms with Crippen molar-refractivity contribution in [3.63, 3.8) is 0 Å². The molecule has 1 aliphatic rings. The number of fused-ring (bicyclic) bond motifs is 2. The van der Waals surface area contributed by atoms with Crippen LogP contribution in [0, 0.1) is 0 Å². The van der Waals surface area contributed by atoms with E-state index in [4.69, 9.17) is 4.42 Å². The molecule has 0 unspecified atom stereocenters. The van der Waals surface area contributed by atoms with Crippen molar-refractivity contribution in [1.29, 1.82) is 0 Å². The predicted molar refractivity (Wildman–Crippen MR) is 82.8 cm³/mol. The van der Waals surface area contributed by atoms with Gasteiger partial charge in [-0.25, -0.2) is 4.79 Å². The molecule has 0 aliphatic carbocycles. The van der Waals surface area contributed by atoms with E-state index in [1.807, 2.05) is 12.1 Å². The van der Waals surface area contributed by atoms with Crippen molar-refractivity contribution >= 4 is 22.5 Å². The molecule has 0 spiro atoms. The first-order valence-corrected chi connectivity index (χ1v) is 7.01. The number of anilines is 2. The van der Waals surface area contributed by atoms with Crippen LogP contribution in [0.1, 0.15) is 11.1 Å². The SMILES string of the molecule is O=c1[nH]c2cc(NCc3cccc4c3NCC4)ccc2o1. The standard InChI is InChI=1S/C16H15N3O2/c20-16-19-13-8-12(4-5-14(13)21-16)18-9-11-3-1-2-10-6-7-17-15(10)11/h1-5,8,17-18H,6-7,9H2,(H,19,20). The molecule has 4 rings (SSSR count). The molecule has 2 aromatic carbocycles. The van der Waals surface area contributed by atoms with Crippen molar-refractivity contribution in [2.75, 3.05) is 17.2 Å². The second kappa shape index (κ2) is 4.70. The summed E-state index contributed by atoms with van der Waals surface area (Å²) in [5.74, 6) is -0.424. The molecule has 0 amide bonds. The second-order valence-electron chi connectivity index (χ2n) is 5.21. The number of oxazole rings is 1. The first-order valence-electron chi connectivity index (χ1n) is 7.01. The number of rotatable bonds is 3. The molecule has 0 atom stereocenters. The van der Waals surface area contributed by atoms with Crippen LogP contribution in [-0.2, 0) is 13.0 Å². The Balaban J connectivity index is 1.58. The van der Waals surface area contributed by atoms with E-state index in [0.717, 1.165) is 25.2 Å². The average Bonchev–Trinajstić information content (AvgIpc) is 3.09. The van der Waals surface area contributed by atoms with Crippen LogP contribution >= 0.6 is 0 Å². The third-order valence-corrected chi connectivity index (χ3v) is 3.84. The lowest BCUT2D eigenvalue weighted by molar-refractivity contribution is 0.555. The van der Waals surface area contributed by atoms with Gasteiger partial charge in [-0.05, 0) is 35.7 Å². The number of H-pyrrole nitrogens is 1. The highest BCUT2D eigenvalue weighted by Gasteiger charge is 2.13. The number of benzene rings is 2. The van der Waals surface area contributed by atoms with Gasteiger partial charge in [-0.1, -0.05) is 18.2 Å². The zero-order valence-electron chi connectivity index (χ0n) is 11.4. The topological polar surface area (TPSA) is 70.1 Å². The number of aromatic nitrogens is 1. The molecule has 0 bridgehead atoms. The van der Waals surface area contributed by atoms with E-state index in [1.165, 1.54) is 16.8 Å². The Hall–Kier alpha value is -2.69. The average molecular weight is 281 g/mol. The van der Waals surface area contributed by atoms with Gasteiger partial charge in [0.25, 0.3) is 0 Å². The van der Waals surface area contributed by atoms with Gasteiger partial charge in [-0.15, -0.1) is 0 Å². The summed E-state index contributed by atoms with van der Waals surface area (Å²) in [5.41, 5.74) is 6.13. The maximum Gasteiger partial charge on any atom is 0.417 e. The molecule has 0 saturated carbocycles. The Morgan fingerprint density at radius 3 is 3.14 bits per heavy atom. The van der Waals surface area contributed by atoms with Crippen LogP contribution in [0.5, 0.6) is 0 Å². The van der Waals surface area contributed by atoms with Crippen LogP contribution in [-0.4, -0.2) is 11.5 Å². The summed E-state index contributed by atoms with van der Waals surface area (Å²) in [5, 5.41) is 6.82. The molecule has 1 aromatic heterocycles. The number of hydrogen-bond acceptors (Lipinski definition) is 4. The van der Waals surface area contributed by atoms with Crippen LogP contribution in [0.4, 0.5) is 11.4 Å². The normalized spacial score (nSPS) is 13.1. The molecule has 5 heteroatoms. The van der Waals surface area contributed by atoms with E-state index in [1.54, 1.807) is 6.07 Å². The summed E-state index contributed by atoms with van der Waals surface area (Å²) in [6.07, 6.45) is 1.09. The third-order valence-electron chi connectivity index (χ3n) is 3.84. The second-order valence-corrected chi connectivity index (χ2v) is 5.21. The quantitative estimate of drug-likeness (QED) is 0.690. The molecule has 3 aromatic rings. The molecule has 1 aliphatic heterocycles. The van der Waals surface area contributed by atoms with E-state index in [2.05, 4.69) is 33.8 Å². The van der Waals surface area contributed by atoms with Gasteiger partial charge in [0.05, 0.1) is 5.52 Å². The van der Waals surface area contributed by atoms with Gasteiger partial charge >= 0.3 is 5.76 Å². The Kier molecular flexibility index (Phi) is 2.70. The molecule has 3 N–H and O–H groups in total. The Labute approximate surface area is 121 Å². The summed E-state index contributed by atoms with van der Waals surface area (Å²) >= 11 is 0. The summed E-state index contributed by atoms with van der Waals surface area (Å²) in [6, 6.07) is 12.0. The number of nitrogens with one attached hydrogen (secondary N) is 3. The van der Waals surface area contributed by atoms with Crippen molar-refractivity contribution in [3.8, 4) is 0 Å². The smallest absolute Gasteiger partial charge is 0.408 e. The lowest BCUT2D eigenvalue weighted by atomic mass is 10.1. The third kappa shape index (κ3) is 2.16. The van der Waals surface area contributed by atoms with Crippen molar-refractivity contribution in [2.24, 2.45) is 0 Å². The van der Waals surface area contributed by atoms with Crippen molar-refractivity contribution in [3.05, 3.63) is 58.1 Å². The minimum atomic E-state index is -0.424. The van der Waals surface area contributed by atoms with Gasteiger partial charge < -0.3 is 15.1 Å². The number of para-hydroxylation sites is 1. The van der Waals surface area contributed by atoms with E-state index < -0.39 is 5.76 Å². The molecule has 2 heterocycles. The first kappa shape index (κ1) is 12.1. The van der Waals surface area contributed by atoms with E-state index >= 15 is 0 Å². The zero-order chi connectivity index (χ0) is 14.2. The maximum atomic E-state index is 11.2. The fourth-order valence-electron chi connectivity index (χ4n) is 2.82. The van der Waals surface area contributed by atoms with Crippen LogP contribution in [0.2, 0.25) is 0 Å². The van der Waals surface area contributed by atoms with Gasteiger partial charge in [0.2, 0.25) is 0 Å². The summed E-state index contributed by atoms with van der Waals surface area (Å²) in [6.45, 7) is 1.75. The molecular weight excluding hydrogens is 266 g/mol. The summed E-state index contributed by atoms with van der Waals surface area (Å²) in [4.78, 5) is 13.8. The monoisotopic (exact) mass is 281 g/mol. The molecule has 21 heavy (non-hydrogen) atoms.